The standard InChI is InChI=1S/C13H20/c1-4-5-6-13-8-7-11(2)9-12(3)10-13/h7-11H,4-6H2,1-3H3. The molecule has 13 heavy (non-hydrogen) atoms. The lowest BCUT2D eigenvalue weighted by atomic mass is 10.1. The molecule has 0 aromatic carbocycles. The molecule has 1 aliphatic rings. The minimum Gasteiger partial charge on any atom is -0.0776 e. The van der Waals surface area contributed by atoms with Gasteiger partial charge in [-0.3, -0.25) is 0 Å². The Morgan fingerprint density at radius 3 is 2.85 bits per heavy atom. The molecular weight excluding hydrogens is 156 g/mol. The normalized spacial score (nSPS) is 22.2. The first-order valence-electron chi connectivity index (χ1n) is 5.29. The van der Waals surface area contributed by atoms with E-state index in [-0.39, 0.29) is 0 Å². The van der Waals surface area contributed by atoms with Crippen LogP contribution in [-0.2, 0) is 0 Å². The molecule has 1 aliphatic carbocycles. The van der Waals surface area contributed by atoms with Crippen LogP contribution in [0.15, 0.2) is 35.5 Å². The first kappa shape index (κ1) is 10.3. The van der Waals surface area contributed by atoms with Crippen LogP contribution in [0.1, 0.15) is 40.0 Å². The van der Waals surface area contributed by atoms with Gasteiger partial charge >= 0.3 is 0 Å². The molecule has 0 heteroatoms. The maximum absolute atomic E-state index is 2.32. The van der Waals surface area contributed by atoms with E-state index in [4.69, 9.17) is 0 Å². The smallest absolute Gasteiger partial charge is 0.00729 e. The van der Waals surface area contributed by atoms with E-state index in [2.05, 4.69) is 45.1 Å². The monoisotopic (exact) mass is 176 g/mol. The van der Waals surface area contributed by atoms with Crippen LogP contribution in [0, 0.1) is 5.92 Å². The summed E-state index contributed by atoms with van der Waals surface area (Å²) in [4.78, 5) is 0. The van der Waals surface area contributed by atoms with E-state index in [1.165, 1.54) is 30.4 Å². The van der Waals surface area contributed by atoms with Crippen molar-refractivity contribution >= 4 is 0 Å². The molecule has 0 aromatic rings. The van der Waals surface area contributed by atoms with Gasteiger partial charge in [0.15, 0.2) is 0 Å². The Bertz CT molecular complexity index is 241. The van der Waals surface area contributed by atoms with E-state index in [0.29, 0.717) is 5.92 Å². The molecule has 1 atom stereocenters. The van der Waals surface area contributed by atoms with Gasteiger partial charge in [0.05, 0.1) is 0 Å². The number of rotatable bonds is 3. The number of allylic oxidation sites excluding steroid dienone is 6. The molecule has 1 rings (SSSR count). The van der Waals surface area contributed by atoms with Gasteiger partial charge in [-0.2, -0.15) is 0 Å². The summed E-state index contributed by atoms with van der Waals surface area (Å²) in [6.45, 7) is 6.67. The molecule has 0 N–H and O–H groups in total. The number of hydrogen-bond acceptors (Lipinski definition) is 0. The predicted molar refractivity (Wildman–Crippen MR) is 59.7 cm³/mol. The summed E-state index contributed by atoms with van der Waals surface area (Å²) in [7, 11) is 0. The third-order valence-corrected chi connectivity index (χ3v) is 2.37. The topological polar surface area (TPSA) is 0 Å². The molecule has 0 radical (unpaired) electrons. The zero-order valence-corrected chi connectivity index (χ0v) is 9.01. The van der Waals surface area contributed by atoms with Gasteiger partial charge in [-0.1, -0.05) is 50.1 Å². The summed E-state index contributed by atoms with van der Waals surface area (Å²) >= 11 is 0. The molecule has 0 bridgehead atoms. The molecule has 0 aliphatic heterocycles. The van der Waals surface area contributed by atoms with E-state index < -0.39 is 0 Å². The minimum absolute atomic E-state index is 0.593. The summed E-state index contributed by atoms with van der Waals surface area (Å²) in [5, 5.41) is 0. The molecule has 0 fully saturated rings. The zero-order valence-electron chi connectivity index (χ0n) is 9.01. The molecular formula is C13H20. The molecule has 0 amide bonds. The average molecular weight is 176 g/mol. The van der Waals surface area contributed by atoms with Crippen LogP contribution < -0.4 is 0 Å². The van der Waals surface area contributed by atoms with Crippen molar-refractivity contribution in [1.82, 2.24) is 0 Å². The second-order valence-electron chi connectivity index (χ2n) is 3.95. The van der Waals surface area contributed by atoms with Gasteiger partial charge in [-0.05, 0) is 31.3 Å². The summed E-state index contributed by atoms with van der Waals surface area (Å²) in [5.41, 5.74) is 2.89. The highest BCUT2D eigenvalue weighted by Gasteiger charge is 2.00. The van der Waals surface area contributed by atoms with Crippen molar-refractivity contribution in [2.24, 2.45) is 5.92 Å². The highest BCUT2D eigenvalue weighted by atomic mass is 14.1. The SMILES string of the molecule is CCCCC1=CC(C)=CC(C)C=C1. The Labute approximate surface area is 82.0 Å². The maximum atomic E-state index is 2.32. The molecule has 1 unspecified atom stereocenters. The van der Waals surface area contributed by atoms with Crippen LogP contribution in [0.5, 0.6) is 0 Å². The lowest BCUT2D eigenvalue weighted by molar-refractivity contribution is 0.797. The van der Waals surface area contributed by atoms with Crippen LogP contribution in [0.2, 0.25) is 0 Å². The molecule has 0 saturated heterocycles. The quantitative estimate of drug-likeness (QED) is 0.603. The van der Waals surface area contributed by atoms with Crippen molar-refractivity contribution < 1.29 is 0 Å². The summed E-state index contributed by atoms with van der Waals surface area (Å²) in [6.07, 6.45) is 13.0. The van der Waals surface area contributed by atoms with Gasteiger partial charge in [-0.25, -0.2) is 0 Å². The molecule has 0 spiro atoms. The van der Waals surface area contributed by atoms with Gasteiger partial charge in [0.1, 0.15) is 0 Å². The van der Waals surface area contributed by atoms with E-state index in [9.17, 15) is 0 Å². The van der Waals surface area contributed by atoms with Crippen molar-refractivity contribution in [3.63, 3.8) is 0 Å². The Hall–Kier alpha value is -0.780. The zero-order chi connectivity index (χ0) is 9.68. The average Bonchev–Trinajstić information content (AvgIpc) is 2.23. The molecule has 0 heterocycles. The van der Waals surface area contributed by atoms with Gasteiger partial charge in [-0.15, -0.1) is 0 Å². The highest BCUT2D eigenvalue weighted by molar-refractivity contribution is 5.33. The fraction of sp³-hybridized carbons (Fsp3) is 0.538. The fourth-order valence-corrected chi connectivity index (χ4v) is 1.67. The van der Waals surface area contributed by atoms with Crippen molar-refractivity contribution in [1.29, 1.82) is 0 Å². The van der Waals surface area contributed by atoms with Crippen LogP contribution >= 0.6 is 0 Å². The Kier molecular flexibility index (Phi) is 4.01. The third-order valence-electron chi connectivity index (χ3n) is 2.37. The Morgan fingerprint density at radius 1 is 1.38 bits per heavy atom. The lowest BCUT2D eigenvalue weighted by Crippen LogP contribution is -1.80. The lowest BCUT2D eigenvalue weighted by Gasteiger charge is -1.99. The van der Waals surface area contributed by atoms with Crippen LogP contribution in [0.4, 0.5) is 0 Å². The Morgan fingerprint density at radius 2 is 2.15 bits per heavy atom. The first-order chi connectivity index (χ1) is 6.22. The number of unbranched alkanes of at least 4 members (excludes halogenated alkanes) is 1. The van der Waals surface area contributed by atoms with Crippen molar-refractivity contribution in [2.45, 2.75) is 40.0 Å². The van der Waals surface area contributed by atoms with Crippen molar-refractivity contribution in [3.8, 4) is 0 Å². The van der Waals surface area contributed by atoms with E-state index in [1.54, 1.807) is 0 Å². The van der Waals surface area contributed by atoms with Crippen molar-refractivity contribution in [2.75, 3.05) is 0 Å². The molecule has 0 nitrogen and oxygen atoms in total. The predicted octanol–water partition coefficient (Wildman–Crippen LogP) is 4.26. The summed E-state index contributed by atoms with van der Waals surface area (Å²) in [6, 6.07) is 0. The van der Waals surface area contributed by atoms with Crippen molar-refractivity contribution in [3.05, 3.63) is 35.5 Å². The van der Waals surface area contributed by atoms with Crippen LogP contribution in [0.3, 0.4) is 0 Å². The largest absolute Gasteiger partial charge is 0.0776 e. The van der Waals surface area contributed by atoms with Gasteiger partial charge in [0.25, 0.3) is 0 Å². The second kappa shape index (κ2) is 5.06. The van der Waals surface area contributed by atoms with Gasteiger partial charge in [0.2, 0.25) is 0 Å². The minimum atomic E-state index is 0.593. The van der Waals surface area contributed by atoms with E-state index >= 15 is 0 Å². The molecule has 72 valence electrons. The Balaban J connectivity index is 2.64. The molecule has 0 aromatic heterocycles. The van der Waals surface area contributed by atoms with Gasteiger partial charge < -0.3 is 0 Å². The van der Waals surface area contributed by atoms with Crippen LogP contribution in [0.25, 0.3) is 0 Å². The second-order valence-corrected chi connectivity index (χ2v) is 3.95. The fourth-order valence-electron chi connectivity index (χ4n) is 1.67. The van der Waals surface area contributed by atoms with E-state index in [0.717, 1.165) is 0 Å². The summed E-state index contributed by atoms with van der Waals surface area (Å²) < 4.78 is 0. The maximum Gasteiger partial charge on any atom is -0.00729 e. The molecule has 0 saturated carbocycles. The number of hydrogen-bond donors (Lipinski definition) is 0. The van der Waals surface area contributed by atoms with Crippen LogP contribution in [-0.4, -0.2) is 0 Å². The summed E-state index contributed by atoms with van der Waals surface area (Å²) in [5.74, 6) is 0.593. The van der Waals surface area contributed by atoms with E-state index in [1.807, 2.05) is 0 Å². The highest BCUT2D eigenvalue weighted by Crippen LogP contribution is 2.18. The van der Waals surface area contributed by atoms with Gasteiger partial charge in [0, 0.05) is 0 Å². The third kappa shape index (κ3) is 3.63. The first-order valence-corrected chi connectivity index (χ1v) is 5.29.